The van der Waals surface area contributed by atoms with Gasteiger partial charge in [-0.05, 0) is 36.9 Å². The van der Waals surface area contributed by atoms with E-state index in [2.05, 4.69) is 29.9 Å². The molecular weight excluding hydrogens is 328 g/mol. The summed E-state index contributed by atoms with van der Waals surface area (Å²) in [5.41, 5.74) is 2.77. The molecule has 2 aromatic rings. The van der Waals surface area contributed by atoms with Gasteiger partial charge in [0.15, 0.2) is 5.78 Å². The molecule has 2 heterocycles. The molecule has 1 aliphatic carbocycles. The van der Waals surface area contributed by atoms with E-state index in [0.717, 1.165) is 35.1 Å². The van der Waals surface area contributed by atoms with Crippen molar-refractivity contribution in [1.29, 1.82) is 0 Å². The smallest absolute Gasteiger partial charge is 0.310 e. The summed E-state index contributed by atoms with van der Waals surface area (Å²) in [6, 6.07) is 8.10. The third-order valence-corrected chi connectivity index (χ3v) is 6.49. The summed E-state index contributed by atoms with van der Waals surface area (Å²) in [4.78, 5) is 31.5. The van der Waals surface area contributed by atoms with Crippen molar-refractivity contribution in [1.82, 2.24) is 9.88 Å². The molecule has 1 fully saturated rings. The number of aromatic amines is 1. The van der Waals surface area contributed by atoms with Crippen molar-refractivity contribution < 1.29 is 14.3 Å². The first kappa shape index (κ1) is 17.3. The van der Waals surface area contributed by atoms with Crippen molar-refractivity contribution in [3.05, 3.63) is 35.5 Å². The predicted molar refractivity (Wildman–Crippen MR) is 100 cm³/mol. The maximum Gasteiger partial charge on any atom is 0.310 e. The lowest BCUT2D eigenvalue weighted by molar-refractivity contribution is -0.154. The number of para-hydroxylation sites is 1. The van der Waals surface area contributed by atoms with E-state index in [0.29, 0.717) is 18.8 Å². The Labute approximate surface area is 153 Å². The maximum atomic E-state index is 13.1. The van der Waals surface area contributed by atoms with Gasteiger partial charge in [-0.25, -0.2) is 0 Å². The average molecular weight is 354 g/mol. The quantitative estimate of drug-likeness (QED) is 0.842. The lowest BCUT2D eigenvalue weighted by atomic mass is 9.67. The van der Waals surface area contributed by atoms with Crippen LogP contribution in [0.1, 0.15) is 35.8 Å². The van der Waals surface area contributed by atoms with E-state index in [1.165, 1.54) is 7.11 Å². The predicted octanol–water partition coefficient (Wildman–Crippen LogP) is 3.04. The number of carbonyl (C=O) groups is 2. The first-order valence-corrected chi connectivity index (χ1v) is 9.46. The minimum atomic E-state index is -0.255. The fraction of sp³-hybridized carbons (Fsp3) is 0.524. The van der Waals surface area contributed by atoms with Crippen LogP contribution < -0.4 is 0 Å². The SMILES string of the molecule is CC[C@H]1CN(C)[C@H]2Cc3c([nH]c4ccccc34)C(=O)C[C@@H]1[C@@H]2C(=O)OC. The van der Waals surface area contributed by atoms with Gasteiger partial charge in [0.25, 0.3) is 0 Å². The molecule has 138 valence electrons. The lowest BCUT2D eigenvalue weighted by Gasteiger charge is -2.47. The zero-order valence-corrected chi connectivity index (χ0v) is 15.6. The fourth-order valence-electron chi connectivity index (χ4n) is 5.15. The van der Waals surface area contributed by atoms with Crippen LogP contribution in [0.5, 0.6) is 0 Å². The van der Waals surface area contributed by atoms with Crippen molar-refractivity contribution in [2.45, 2.75) is 32.2 Å². The third-order valence-electron chi connectivity index (χ3n) is 6.49. The van der Waals surface area contributed by atoms with Crippen LogP contribution in [-0.4, -0.2) is 48.4 Å². The molecule has 2 aliphatic rings. The molecule has 0 saturated carbocycles. The number of H-pyrrole nitrogens is 1. The Morgan fingerprint density at radius 2 is 2.08 bits per heavy atom. The number of ketones is 1. The topological polar surface area (TPSA) is 62.4 Å². The number of methoxy groups -OCH3 is 1. The van der Waals surface area contributed by atoms with Crippen molar-refractivity contribution in [3.8, 4) is 0 Å². The number of carbonyl (C=O) groups excluding carboxylic acids is 2. The number of nitrogens with zero attached hydrogens (tertiary/aromatic N) is 1. The summed E-state index contributed by atoms with van der Waals surface area (Å²) in [7, 11) is 3.55. The zero-order valence-electron chi connectivity index (χ0n) is 15.6. The zero-order chi connectivity index (χ0) is 18.4. The number of likely N-dealkylation sites (tertiary alicyclic amines) is 1. The number of likely N-dealkylation sites (N-methyl/N-ethyl adjacent to an activating group) is 1. The van der Waals surface area contributed by atoms with Crippen LogP contribution in [0.3, 0.4) is 0 Å². The molecule has 2 bridgehead atoms. The molecule has 1 N–H and O–H groups in total. The van der Waals surface area contributed by atoms with Crippen LogP contribution in [0, 0.1) is 17.8 Å². The van der Waals surface area contributed by atoms with Crippen LogP contribution in [0.15, 0.2) is 24.3 Å². The lowest BCUT2D eigenvalue weighted by Crippen LogP contribution is -2.56. The molecule has 1 aliphatic heterocycles. The molecule has 4 rings (SSSR count). The second kappa shape index (κ2) is 6.54. The van der Waals surface area contributed by atoms with Gasteiger partial charge in [0.05, 0.1) is 18.7 Å². The molecule has 0 unspecified atom stereocenters. The second-order valence-electron chi connectivity index (χ2n) is 7.74. The third kappa shape index (κ3) is 2.57. The number of fused-ring (bicyclic) bond motifs is 5. The van der Waals surface area contributed by atoms with Crippen LogP contribution in [0.25, 0.3) is 10.9 Å². The normalized spacial score (nSPS) is 29.1. The van der Waals surface area contributed by atoms with Crippen LogP contribution >= 0.6 is 0 Å². The van der Waals surface area contributed by atoms with Gasteiger partial charge in [-0.2, -0.15) is 0 Å². The first-order chi connectivity index (χ1) is 12.5. The molecule has 1 aromatic carbocycles. The van der Waals surface area contributed by atoms with Gasteiger partial charge in [-0.1, -0.05) is 31.5 Å². The second-order valence-corrected chi connectivity index (χ2v) is 7.74. The number of Topliss-reactive ketones (excluding diaryl/α,β-unsaturated/α-hetero) is 1. The minimum Gasteiger partial charge on any atom is -0.469 e. The summed E-state index contributed by atoms with van der Waals surface area (Å²) in [5, 5.41) is 1.09. The Hall–Kier alpha value is -2.14. The minimum absolute atomic E-state index is 0.0423. The highest BCUT2D eigenvalue weighted by Gasteiger charge is 2.48. The van der Waals surface area contributed by atoms with Gasteiger partial charge < -0.3 is 14.6 Å². The summed E-state index contributed by atoms with van der Waals surface area (Å²) >= 11 is 0. The number of esters is 1. The van der Waals surface area contributed by atoms with Crippen LogP contribution in [0.4, 0.5) is 0 Å². The van der Waals surface area contributed by atoms with Gasteiger partial charge >= 0.3 is 5.97 Å². The number of ether oxygens (including phenoxy) is 1. The van der Waals surface area contributed by atoms with E-state index in [1.807, 2.05) is 18.2 Å². The molecular formula is C21H26N2O3. The highest BCUT2D eigenvalue weighted by atomic mass is 16.5. The number of hydrogen-bond donors (Lipinski definition) is 1. The summed E-state index contributed by atoms with van der Waals surface area (Å²) < 4.78 is 5.17. The van der Waals surface area contributed by atoms with Crippen molar-refractivity contribution >= 4 is 22.7 Å². The standard InChI is InChI=1S/C21H26N2O3/c1-4-12-11-23(2)17-9-15-13-7-5-6-8-16(13)22-20(15)18(24)10-14(12)19(17)21(25)26-3/h5-8,12,14,17,19,22H,4,9-11H2,1-3H3/t12-,14-,17-,19-/m0/s1. The number of rotatable bonds is 2. The molecule has 0 spiro atoms. The number of hydrogen-bond acceptors (Lipinski definition) is 4. The molecule has 5 nitrogen and oxygen atoms in total. The Morgan fingerprint density at radius 3 is 2.81 bits per heavy atom. The fourth-order valence-corrected chi connectivity index (χ4v) is 5.15. The average Bonchev–Trinajstić information content (AvgIpc) is 3.01. The number of piperidine rings is 1. The van der Waals surface area contributed by atoms with Gasteiger partial charge in [-0.3, -0.25) is 9.59 Å². The molecule has 0 amide bonds. The van der Waals surface area contributed by atoms with Crippen molar-refractivity contribution in [2.75, 3.05) is 20.7 Å². The molecule has 5 heteroatoms. The van der Waals surface area contributed by atoms with E-state index in [4.69, 9.17) is 4.74 Å². The van der Waals surface area contributed by atoms with E-state index < -0.39 is 0 Å². The van der Waals surface area contributed by atoms with Gasteiger partial charge in [-0.15, -0.1) is 0 Å². The summed E-state index contributed by atoms with van der Waals surface area (Å²) in [6.07, 6.45) is 2.05. The molecule has 1 saturated heterocycles. The Balaban J connectivity index is 1.88. The van der Waals surface area contributed by atoms with E-state index in [9.17, 15) is 9.59 Å². The molecule has 0 radical (unpaired) electrons. The number of aromatic nitrogens is 1. The van der Waals surface area contributed by atoms with E-state index in [1.54, 1.807) is 0 Å². The van der Waals surface area contributed by atoms with Gasteiger partial charge in [0.2, 0.25) is 0 Å². The molecule has 4 atom stereocenters. The van der Waals surface area contributed by atoms with Gasteiger partial charge in [0.1, 0.15) is 0 Å². The van der Waals surface area contributed by atoms with Crippen molar-refractivity contribution in [2.24, 2.45) is 17.8 Å². The highest BCUT2D eigenvalue weighted by molar-refractivity contribution is 6.03. The monoisotopic (exact) mass is 354 g/mol. The highest BCUT2D eigenvalue weighted by Crippen LogP contribution is 2.42. The molecule has 1 aromatic heterocycles. The Bertz CT molecular complexity index is 856. The van der Waals surface area contributed by atoms with Gasteiger partial charge in [0, 0.05) is 29.9 Å². The number of benzene rings is 1. The van der Waals surface area contributed by atoms with E-state index in [-0.39, 0.29) is 29.6 Å². The van der Waals surface area contributed by atoms with E-state index >= 15 is 0 Å². The van der Waals surface area contributed by atoms with Crippen molar-refractivity contribution in [3.63, 3.8) is 0 Å². The van der Waals surface area contributed by atoms with Crippen LogP contribution in [-0.2, 0) is 16.0 Å². The molecule has 26 heavy (non-hydrogen) atoms. The van der Waals surface area contributed by atoms with Crippen LogP contribution in [0.2, 0.25) is 0 Å². The largest absolute Gasteiger partial charge is 0.469 e. The maximum absolute atomic E-state index is 13.1. The Morgan fingerprint density at radius 1 is 1.31 bits per heavy atom. The first-order valence-electron chi connectivity index (χ1n) is 9.46. The summed E-state index contributed by atoms with van der Waals surface area (Å²) in [6.45, 7) is 3.06. The summed E-state index contributed by atoms with van der Waals surface area (Å²) in [5.74, 6) is 0.0584. The Kier molecular flexibility index (Phi) is 4.35. The number of nitrogens with one attached hydrogen (secondary N) is 1.